The molecule has 1 unspecified atom stereocenters. The zero-order valence-corrected chi connectivity index (χ0v) is 13.8. The molecule has 1 aliphatic carbocycles. The molecular weight excluding hydrogens is 327 g/mol. The fraction of sp³-hybridized carbons (Fsp3) is 0.412. The van der Waals surface area contributed by atoms with Crippen LogP contribution < -0.4 is 10.6 Å². The molecule has 2 amide bonds. The van der Waals surface area contributed by atoms with E-state index < -0.39 is 11.8 Å². The van der Waals surface area contributed by atoms with Crippen molar-refractivity contribution in [2.75, 3.05) is 19.0 Å². The molecule has 0 aromatic carbocycles. The fourth-order valence-corrected chi connectivity index (χ4v) is 2.91. The second-order valence-corrected chi connectivity index (χ2v) is 5.90. The van der Waals surface area contributed by atoms with Crippen LogP contribution in [0.1, 0.15) is 31.4 Å². The Hall–Kier alpha value is -2.77. The number of rotatable bonds is 4. The van der Waals surface area contributed by atoms with Gasteiger partial charge in [0, 0.05) is 31.0 Å². The maximum Gasteiger partial charge on any atom is 0.238 e. The van der Waals surface area contributed by atoms with Gasteiger partial charge < -0.3 is 15.4 Å². The number of amides is 2. The van der Waals surface area contributed by atoms with Crippen LogP contribution in [0.3, 0.4) is 0 Å². The number of piperidine rings is 1. The van der Waals surface area contributed by atoms with E-state index in [1.165, 1.54) is 19.5 Å². The minimum atomic E-state index is -0.729. The van der Waals surface area contributed by atoms with Crippen molar-refractivity contribution in [3.63, 3.8) is 0 Å². The van der Waals surface area contributed by atoms with Crippen LogP contribution in [0.25, 0.3) is 5.57 Å². The molecule has 0 saturated carbocycles. The summed E-state index contributed by atoms with van der Waals surface area (Å²) in [5.41, 5.74) is 0.977. The molecule has 7 nitrogen and oxygen atoms in total. The van der Waals surface area contributed by atoms with Gasteiger partial charge in [-0.2, -0.15) is 0 Å². The lowest BCUT2D eigenvalue weighted by molar-refractivity contribution is -0.134. The number of nitrogens with zero attached hydrogens (tertiary/aromatic N) is 2. The topological polar surface area (TPSA) is 93.2 Å². The smallest absolute Gasteiger partial charge is 0.238 e. The molecule has 1 aliphatic heterocycles. The summed E-state index contributed by atoms with van der Waals surface area (Å²) in [7, 11) is 1.53. The van der Waals surface area contributed by atoms with Gasteiger partial charge in [-0.3, -0.25) is 9.59 Å². The summed E-state index contributed by atoms with van der Waals surface area (Å²) in [6.45, 7) is 0.589. The van der Waals surface area contributed by atoms with Gasteiger partial charge >= 0.3 is 0 Å². The molecule has 1 fully saturated rings. The third-order valence-corrected chi connectivity index (χ3v) is 4.23. The first-order chi connectivity index (χ1) is 12.1. The number of halogens is 1. The van der Waals surface area contributed by atoms with Crippen molar-refractivity contribution in [3.8, 4) is 0 Å². The SMILES string of the molecule is COC1=C(c2cc(NC(=O)C3CCCNC3=O)ncn2)C=C(F)CC1. The molecule has 1 atom stereocenters. The van der Waals surface area contributed by atoms with Crippen LogP contribution in [0.15, 0.2) is 30.1 Å². The number of carbonyl (C=O) groups excluding carboxylic acids is 2. The van der Waals surface area contributed by atoms with Gasteiger partial charge in [0.1, 0.15) is 29.6 Å². The van der Waals surface area contributed by atoms with Crippen molar-refractivity contribution in [2.24, 2.45) is 5.92 Å². The predicted octanol–water partition coefficient (Wildman–Crippen LogP) is 1.95. The van der Waals surface area contributed by atoms with E-state index in [-0.39, 0.29) is 24.0 Å². The maximum atomic E-state index is 13.6. The average Bonchev–Trinajstić information content (AvgIpc) is 2.62. The zero-order valence-electron chi connectivity index (χ0n) is 13.8. The maximum absolute atomic E-state index is 13.6. The predicted molar refractivity (Wildman–Crippen MR) is 88.7 cm³/mol. The third kappa shape index (κ3) is 3.84. The Kier molecular flexibility index (Phi) is 5.06. The summed E-state index contributed by atoms with van der Waals surface area (Å²) in [4.78, 5) is 32.2. The number of carbonyl (C=O) groups is 2. The molecule has 0 radical (unpaired) electrons. The number of aromatic nitrogens is 2. The second kappa shape index (κ2) is 7.42. The number of nitrogens with one attached hydrogen (secondary N) is 2. The van der Waals surface area contributed by atoms with Crippen molar-refractivity contribution in [3.05, 3.63) is 35.7 Å². The highest BCUT2D eigenvalue weighted by atomic mass is 19.1. The summed E-state index contributed by atoms with van der Waals surface area (Å²) in [5, 5.41) is 5.31. The Labute approximate surface area is 144 Å². The summed E-state index contributed by atoms with van der Waals surface area (Å²) < 4.78 is 18.9. The van der Waals surface area contributed by atoms with Crippen molar-refractivity contribution >= 4 is 23.2 Å². The molecule has 3 rings (SSSR count). The summed E-state index contributed by atoms with van der Waals surface area (Å²) >= 11 is 0. The van der Waals surface area contributed by atoms with E-state index in [9.17, 15) is 14.0 Å². The highest BCUT2D eigenvalue weighted by molar-refractivity contribution is 6.06. The number of anilines is 1. The van der Waals surface area contributed by atoms with Gasteiger partial charge in [-0.15, -0.1) is 0 Å². The first-order valence-electron chi connectivity index (χ1n) is 8.12. The van der Waals surface area contributed by atoms with Crippen LogP contribution >= 0.6 is 0 Å². The van der Waals surface area contributed by atoms with E-state index in [4.69, 9.17) is 4.74 Å². The molecule has 1 aromatic heterocycles. The number of hydrogen-bond donors (Lipinski definition) is 2. The lowest BCUT2D eigenvalue weighted by Crippen LogP contribution is -2.42. The minimum Gasteiger partial charge on any atom is -0.500 e. The molecule has 132 valence electrons. The molecule has 0 spiro atoms. The third-order valence-electron chi connectivity index (χ3n) is 4.23. The molecule has 0 bridgehead atoms. The standard InChI is InChI=1S/C17H19FN4O3/c1-25-14-5-4-10(18)7-12(14)13-8-15(21-9-20-13)22-17(24)11-3-2-6-19-16(11)23/h7-9,11H,2-6H2,1H3,(H,19,23)(H,20,21,22,24). The van der Waals surface area contributed by atoms with Crippen LogP contribution in [0, 0.1) is 5.92 Å². The van der Waals surface area contributed by atoms with Crippen LogP contribution in [0.4, 0.5) is 10.2 Å². The number of methoxy groups -OCH3 is 1. The van der Waals surface area contributed by atoms with Gasteiger partial charge in [0.25, 0.3) is 0 Å². The van der Waals surface area contributed by atoms with E-state index in [2.05, 4.69) is 20.6 Å². The Morgan fingerprint density at radius 1 is 1.40 bits per heavy atom. The van der Waals surface area contributed by atoms with Crippen LogP contribution in [-0.2, 0) is 14.3 Å². The van der Waals surface area contributed by atoms with Gasteiger partial charge in [0.2, 0.25) is 11.8 Å². The van der Waals surface area contributed by atoms with E-state index in [1.807, 2.05) is 0 Å². The minimum absolute atomic E-state index is 0.251. The van der Waals surface area contributed by atoms with Gasteiger partial charge in [0.05, 0.1) is 12.8 Å². The highest BCUT2D eigenvalue weighted by Gasteiger charge is 2.29. The highest BCUT2D eigenvalue weighted by Crippen LogP contribution is 2.31. The van der Waals surface area contributed by atoms with Crippen LogP contribution in [0.2, 0.25) is 0 Å². The molecular formula is C17H19FN4O3. The molecule has 1 aromatic rings. The molecule has 2 heterocycles. The zero-order chi connectivity index (χ0) is 17.8. The van der Waals surface area contributed by atoms with Gasteiger partial charge in [0.15, 0.2) is 0 Å². The molecule has 2 aliphatic rings. The molecule has 25 heavy (non-hydrogen) atoms. The second-order valence-electron chi connectivity index (χ2n) is 5.90. The Bertz CT molecular complexity index is 760. The summed E-state index contributed by atoms with van der Waals surface area (Å²) in [6, 6.07) is 1.54. The Morgan fingerprint density at radius 3 is 3.00 bits per heavy atom. The molecule has 8 heteroatoms. The van der Waals surface area contributed by atoms with E-state index in [0.29, 0.717) is 36.4 Å². The van der Waals surface area contributed by atoms with Crippen molar-refractivity contribution < 1.29 is 18.7 Å². The number of allylic oxidation sites excluding steroid dienone is 4. The van der Waals surface area contributed by atoms with Crippen LogP contribution in [0.5, 0.6) is 0 Å². The first-order valence-corrected chi connectivity index (χ1v) is 8.12. The number of ether oxygens (including phenoxy) is 1. The number of hydrogen-bond acceptors (Lipinski definition) is 5. The van der Waals surface area contributed by atoms with Crippen molar-refractivity contribution in [1.29, 1.82) is 0 Å². The van der Waals surface area contributed by atoms with E-state index in [0.717, 1.165) is 6.42 Å². The van der Waals surface area contributed by atoms with Gasteiger partial charge in [-0.1, -0.05) is 0 Å². The molecule has 2 N–H and O–H groups in total. The largest absolute Gasteiger partial charge is 0.500 e. The Morgan fingerprint density at radius 2 is 2.24 bits per heavy atom. The van der Waals surface area contributed by atoms with E-state index in [1.54, 1.807) is 6.07 Å². The van der Waals surface area contributed by atoms with Crippen molar-refractivity contribution in [1.82, 2.24) is 15.3 Å². The van der Waals surface area contributed by atoms with Crippen molar-refractivity contribution in [2.45, 2.75) is 25.7 Å². The van der Waals surface area contributed by atoms with Crippen LogP contribution in [-0.4, -0.2) is 35.4 Å². The van der Waals surface area contributed by atoms with Gasteiger partial charge in [-0.25, -0.2) is 14.4 Å². The lowest BCUT2D eigenvalue weighted by Gasteiger charge is -2.21. The van der Waals surface area contributed by atoms with E-state index >= 15 is 0 Å². The van der Waals surface area contributed by atoms with Gasteiger partial charge in [-0.05, 0) is 18.9 Å². The molecule has 1 saturated heterocycles. The normalized spacial score (nSPS) is 20.6. The monoisotopic (exact) mass is 346 g/mol. The summed E-state index contributed by atoms with van der Waals surface area (Å²) in [5.74, 6) is -0.778. The first kappa shape index (κ1) is 17.1. The average molecular weight is 346 g/mol. The lowest BCUT2D eigenvalue weighted by atomic mass is 9.98. The fourth-order valence-electron chi connectivity index (χ4n) is 2.91. The Balaban J connectivity index is 1.81. The summed E-state index contributed by atoms with van der Waals surface area (Å²) in [6.07, 6.45) is 4.66. The quantitative estimate of drug-likeness (QED) is 0.813.